The van der Waals surface area contributed by atoms with Crippen molar-refractivity contribution in [1.82, 2.24) is 15.5 Å². The molecule has 210 valence electrons. The van der Waals surface area contributed by atoms with Crippen LogP contribution in [0.25, 0.3) is 10.8 Å². The summed E-state index contributed by atoms with van der Waals surface area (Å²) in [6.45, 7) is 5.07. The first-order valence-electron chi connectivity index (χ1n) is 13.2. The van der Waals surface area contributed by atoms with Crippen molar-refractivity contribution in [3.63, 3.8) is 0 Å². The largest absolute Gasteiger partial charge is 0.508 e. The van der Waals surface area contributed by atoms with Gasteiger partial charge in [0.15, 0.2) is 0 Å². The second kappa shape index (κ2) is 11.7. The first-order chi connectivity index (χ1) is 18.9. The minimum Gasteiger partial charge on any atom is -0.508 e. The van der Waals surface area contributed by atoms with Crippen LogP contribution < -0.4 is 22.1 Å². The Balaban J connectivity index is 1.48. The maximum atomic E-state index is 13.4. The molecule has 10 heteroatoms. The average Bonchev–Trinajstić information content (AvgIpc) is 3.02. The number of rotatable bonds is 8. The van der Waals surface area contributed by atoms with E-state index >= 15 is 0 Å². The fourth-order valence-electron chi connectivity index (χ4n) is 5.28. The van der Waals surface area contributed by atoms with Crippen LogP contribution in [-0.2, 0) is 38.6 Å². The molecule has 0 radical (unpaired) electrons. The van der Waals surface area contributed by atoms with E-state index in [1.807, 2.05) is 50.2 Å². The van der Waals surface area contributed by atoms with E-state index in [4.69, 9.17) is 11.5 Å². The standard InChI is InChI=1S/C30H35N5O5/c1-16-10-21(36)11-17(2)23(16)13-25(31)29(39)33-18(3)28(38)34-26-12-20-9-8-19-6-4-5-7-22(19)24(20)14-35(30(26)40)15-27(32)37/h4-11,18,25-26,36H,12-15,31H2,1-3H3,(H2,32,37)(H,33,39)(H,34,38)/t18-,25+,26+/m1/s1. The molecule has 10 nitrogen and oxygen atoms in total. The summed E-state index contributed by atoms with van der Waals surface area (Å²) >= 11 is 0. The summed E-state index contributed by atoms with van der Waals surface area (Å²) in [5.41, 5.74) is 15.8. The smallest absolute Gasteiger partial charge is 0.246 e. The number of hydrogen-bond acceptors (Lipinski definition) is 6. The SMILES string of the molecule is Cc1cc(O)cc(C)c1C[C@H](N)C(=O)N[C@H](C)C(=O)N[C@H]1Cc2ccc3ccccc3c2CN(CC(N)=O)C1=O. The molecule has 0 bridgehead atoms. The van der Waals surface area contributed by atoms with E-state index in [0.29, 0.717) is 0 Å². The number of fused-ring (bicyclic) bond motifs is 3. The summed E-state index contributed by atoms with van der Waals surface area (Å²) in [5.74, 6) is -2.02. The summed E-state index contributed by atoms with van der Waals surface area (Å²) in [7, 11) is 0. The molecular formula is C30H35N5O5. The number of nitrogens with zero attached hydrogens (tertiary/aromatic N) is 1. The molecule has 1 aliphatic rings. The normalized spacial score (nSPS) is 16.6. The highest BCUT2D eigenvalue weighted by Gasteiger charge is 2.33. The Morgan fingerprint density at radius 2 is 1.75 bits per heavy atom. The van der Waals surface area contributed by atoms with E-state index in [1.54, 1.807) is 12.1 Å². The van der Waals surface area contributed by atoms with Gasteiger partial charge < -0.3 is 32.1 Å². The number of phenols is 1. The molecular weight excluding hydrogens is 510 g/mol. The van der Waals surface area contributed by atoms with Crippen LogP contribution in [0.15, 0.2) is 48.5 Å². The molecule has 40 heavy (non-hydrogen) atoms. The van der Waals surface area contributed by atoms with Gasteiger partial charge in [0.2, 0.25) is 23.6 Å². The van der Waals surface area contributed by atoms with E-state index in [2.05, 4.69) is 10.6 Å². The van der Waals surface area contributed by atoms with Crippen LogP contribution in [0.1, 0.15) is 34.7 Å². The number of benzene rings is 3. The van der Waals surface area contributed by atoms with Gasteiger partial charge in [0.1, 0.15) is 17.8 Å². The quantitative estimate of drug-likeness (QED) is 0.284. The zero-order valence-electron chi connectivity index (χ0n) is 22.9. The number of nitrogens with one attached hydrogen (secondary N) is 2. The molecule has 0 spiro atoms. The van der Waals surface area contributed by atoms with Crippen molar-refractivity contribution in [2.45, 2.75) is 58.3 Å². The summed E-state index contributed by atoms with van der Waals surface area (Å²) in [6, 6.07) is 12.0. The number of nitrogens with two attached hydrogens (primary N) is 2. The Hall–Kier alpha value is -4.44. The van der Waals surface area contributed by atoms with Crippen LogP contribution in [0, 0.1) is 13.8 Å². The lowest BCUT2D eigenvalue weighted by atomic mass is 9.95. The van der Waals surface area contributed by atoms with Crippen LogP contribution in [0.4, 0.5) is 0 Å². The van der Waals surface area contributed by atoms with Crippen LogP contribution in [0.5, 0.6) is 5.75 Å². The van der Waals surface area contributed by atoms with Gasteiger partial charge in [-0.05, 0) is 77.9 Å². The molecule has 4 amide bonds. The number of phenolic OH excluding ortho intramolecular Hbond substituents is 1. The molecule has 7 N–H and O–H groups in total. The molecule has 3 atom stereocenters. The fourth-order valence-corrected chi connectivity index (χ4v) is 5.28. The molecule has 1 aliphatic heterocycles. The average molecular weight is 546 g/mol. The zero-order chi connectivity index (χ0) is 29.1. The van der Waals surface area contributed by atoms with Gasteiger partial charge in [-0.1, -0.05) is 36.4 Å². The minimum absolute atomic E-state index is 0.139. The predicted molar refractivity (Wildman–Crippen MR) is 151 cm³/mol. The molecule has 0 unspecified atom stereocenters. The minimum atomic E-state index is -0.975. The van der Waals surface area contributed by atoms with E-state index < -0.39 is 41.8 Å². The molecule has 0 saturated carbocycles. The Morgan fingerprint density at radius 3 is 2.42 bits per heavy atom. The number of amides is 4. The summed E-state index contributed by atoms with van der Waals surface area (Å²) in [5, 5.41) is 17.1. The molecule has 0 fully saturated rings. The van der Waals surface area contributed by atoms with E-state index in [9.17, 15) is 24.3 Å². The monoisotopic (exact) mass is 545 g/mol. The van der Waals surface area contributed by atoms with Crippen LogP contribution in [0.3, 0.4) is 0 Å². The number of aryl methyl sites for hydroxylation is 2. The Labute approximate surface area is 232 Å². The highest BCUT2D eigenvalue weighted by atomic mass is 16.3. The summed E-state index contributed by atoms with van der Waals surface area (Å²) < 4.78 is 0. The third kappa shape index (κ3) is 6.23. The predicted octanol–water partition coefficient (Wildman–Crippen LogP) is 1.09. The lowest BCUT2D eigenvalue weighted by molar-refractivity contribution is -0.139. The highest BCUT2D eigenvalue weighted by Crippen LogP contribution is 2.28. The van der Waals surface area contributed by atoms with Gasteiger partial charge in [-0.3, -0.25) is 19.2 Å². The lowest BCUT2D eigenvalue weighted by Gasteiger charge is -2.25. The van der Waals surface area contributed by atoms with Crippen LogP contribution in [0.2, 0.25) is 0 Å². The van der Waals surface area contributed by atoms with Gasteiger partial charge in [-0.2, -0.15) is 0 Å². The van der Waals surface area contributed by atoms with Crippen molar-refractivity contribution in [2.24, 2.45) is 11.5 Å². The van der Waals surface area contributed by atoms with Gasteiger partial charge in [0.25, 0.3) is 0 Å². The Morgan fingerprint density at radius 1 is 1.07 bits per heavy atom. The molecule has 0 aliphatic carbocycles. The Kier molecular flexibility index (Phi) is 8.39. The fraction of sp³-hybridized carbons (Fsp3) is 0.333. The third-order valence-electron chi connectivity index (χ3n) is 7.38. The van der Waals surface area contributed by atoms with Crippen molar-refractivity contribution in [1.29, 1.82) is 0 Å². The van der Waals surface area contributed by atoms with E-state index in [-0.39, 0.29) is 31.7 Å². The molecule has 1 heterocycles. The molecule has 3 aromatic carbocycles. The summed E-state index contributed by atoms with van der Waals surface area (Å²) in [4.78, 5) is 52.5. The van der Waals surface area contributed by atoms with E-state index in [1.165, 1.54) is 11.8 Å². The topological polar surface area (TPSA) is 168 Å². The second-order valence-corrected chi connectivity index (χ2v) is 10.4. The highest BCUT2D eigenvalue weighted by molar-refractivity contribution is 5.95. The maximum absolute atomic E-state index is 13.4. The van der Waals surface area contributed by atoms with Gasteiger partial charge in [0, 0.05) is 13.0 Å². The molecule has 4 rings (SSSR count). The van der Waals surface area contributed by atoms with Gasteiger partial charge in [-0.25, -0.2) is 0 Å². The van der Waals surface area contributed by atoms with Crippen molar-refractivity contribution in [2.75, 3.05) is 6.54 Å². The first-order valence-corrected chi connectivity index (χ1v) is 13.2. The Bertz CT molecular complexity index is 1460. The molecule has 3 aromatic rings. The van der Waals surface area contributed by atoms with Crippen molar-refractivity contribution in [3.05, 3.63) is 76.3 Å². The zero-order valence-corrected chi connectivity index (χ0v) is 22.9. The number of carbonyl (C=O) groups excluding carboxylic acids is 4. The van der Waals surface area contributed by atoms with Crippen LogP contribution in [-0.4, -0.2) is 58.3 Å². The number of carbonyl (C=O) groups is 4. The first kappa shape index (κ1) is 28.6. The maximum Gasteiger partial charge on any atom is 0.246 e. The van der Waals surface area contributed by atoms with Gasteiger partial charge in [0.05, 0.1) is 12.6 Å². The van der Waals surface area contributed by atoms with Crippen molar-refractivity contribution in [3.8, 4) is 5.75 Å². The number of hydrogen-bond donors (Lipinski definition) is 5. The molecule has 0 aromatic heterocycles. The van der Waals surface area contributed by atoms with Crippen LogP contribution >= 0.6 is 0 Å². The van der Waals surface area contributed by atoms with Gasteiger partial charge in [-0.15, -0.1) is 0 Å². The van der Waals surface area contributed by atoms with Gasteiger partial charge >= 0.3 is 0 Å². The van der Waals surface area contributed by atoms with Crippen molar-refractivity contribution < 1.29 is 24.3 Å². The third-order valence-corrected chi connectivity index (χ3v) is 7.38. The lowest BCUT2D eigenvalue weighted by Crippen LogP contribution is -2.56. The molecule has 0 saturated heterocycles. The summed E-state index contributed by atoms with van der Waals surface area (Å²) in [6.07, 6.45) is 0.450. The van der Waals surface area contributed by atoms with Crippen molar-refractivity contribution >= 4 is 34.4 Å². The second-order valence-electron chi connectivity index (χ2n) is 10.4. The van der Waals surface area contributed by atoms with E-state index in [0.717, 1.165) is 38.6 Å². The number of aromatic hydroxyl groups is 1. The number of primary amides is 1.